The molecule has 0 fully saturated rings. The molecule has 4 aromatic heterocycles. The molecule has 0 aliphatic heterocycles. The number of hydrogen-bond acceptors (Lipinski definition) is 6. The Balaban J connectivity index is 1.00. The van der Waals surface area contributed by atoms with Crippen molar-refractivity contribution in [1.29, 1.82) is 0 Å². The topological polar surface area (TPSA) is 99.5 Å². The number of nitrogens with one attached hydrogen (secondary N) is 2. The monoisotopic (exact) mass is 568 g/mol. The number of benzene rings is 2. The first-order valence-corrected chi connectivity index (χ1v) is 14.0. The van der Waals surface area contributed by atoms with E-state index in [1.807, 2.05) is 85.8 Å². The van der Waals surface area contributed by atoms with Crippen molar-refractivity contribution in [2.75, 3.05) is 0 Å². The van der Waals surface area contributed by atoms with E-state index in [1.54, 1.807) is 22.7 Å². The molecule has 2 amide bonds. The fourth-order valence-corrected chi connectivity index (χ4v) is 5.97. The maximum atomic E-state index is 12.1. The van der Waals surface area contributed by atoms with Crippen molar-refractivity contribution in [1.82, 2.24) is 19.7 Å². The molecule has 198 valence electrons. The summed E-state index contributed by atoms with van der Waals surface area (Å²) in [5.41, 5.74) is 10.3. The Kier molecular flexibility index (Phi) is 6.76. The molecule has 40 heavy (non-hydrogen) atoms. The third-order valence-corrected chi connectivity index (χ3v) is 8.34. The zero-order valence-corrected chi connectivity index (χ0v) is 23.2. The lowest BCUT2D eigenvalue weighted by Crippen LogP contribution is -2.35. The minimum Gasteiger partial charge on any atom is -0.262 e. The van der Waals surface area contributed by atoms with E-state index in [0.29, 0.717) is 0 Å². The number of amides is 2. The Morgan fingerprint density at radius 1 is 0.700 bits per heavy atom. The molecule has 0 atom stereocenters. The van der Waals surface area contributed by atoms with Crippen LogP contribution >= 0.6 is 22.7 Å². The van der Waals surface area contributed by atoms with Crippen LogP contribution in [0.25, 0.3) is 32.4 Å². The van der Waals surface area contributed by atoms with E-state index in [4.69, 9.17) is 0 Å². The summed E-state index contributed by atoms with van der Waals surface area (Å²) in [6.07, 6.45) is 11.2. The van der Waals surface area contributed by atoms with Crippen molar-refractivity contribution in [2.45, 2.75) is 0 Å². The number of aromatic nitrogens is 4. The second kappa shape index (κ2) is 10.7. The van der Waals surface area contributed by atoms with E-state index in [9.17, 15) is 9.59 Å². The van der Waals surface area contributed by atoms with Crippen LogP contribution in [-0.2, 0) is 23.7 Å². The average molecular weight is 569 g/mol. The number of nitrogens with zero attached hydrogens (tertiary/aromatic N) is 6. The SMILES string of the molecule is C[n+]1c(-c2ccc(C=NNC(=O)C(=O)NN=Cc3ccc(-c4cn5ccsc5[n+]4C)cc3)cc2)cn2ccsc21. The Morgan fingerprint density at radius 3 is 1.48 bits per heavy atom. The van der Waals surface area contributed by atoms with Crippen LogP contribution in [0.15, 0.2) is 94.3 Å². The molecule has 0 radical (unpaired) electrons. The minimum atomic E-state index is -0.914. The zero-order valence-electron chi connectivity index (χ0n) is 21.6. The summed E-state index contributed by atoms with van der Waals surface area (Å²) in [5, 5.41) is 11.9. The highest BCUT2D eigenvalue weighted by Crippen LogP contribution is 2.21. The number of thiazole rings is 2. The van der Waals surface area contributed by atoms with E-state index >= 15 is 0 Å². The van der Waals surface area contributed by atoms with Gasteiger partial charge in [-0.3, -0.25) is 9.59 Å². The predicted molar refractivity (Wildman–Crippen MR) is 155 cm³/mol. The standard InChI is InChI=1S/C28H22N8O2S2/c1-33-23(17-35-11-13-39-27(33)35)21-7-3-19(4-8-21)15-29-31-25(37)26(38)32-30-16-20-5-9-22(10-6-20)24-18-36-12-14-40-28(36)34(24)2/h3-18H,1-2H3/p+2. The molecule has 0 unspecified atom stereocenters. The summed E-state index contributed by atoms with van der Waals surface area (Å²) in [6, 6.07) is 15.5. The maximum absolute atomic E-state index is 12.1. The van der Waals surface area contributed by atoms with Crippen LogP contribution in [0.2, 0.25) is 0 Å². The van der Waals surface area contributed by atoms with Gasteiger partial charge >= 0.3 is 21.7 Å². The Bertz CT molecular complexity index is 1770. The molecule has 0 saturated carbocycles. The maximum Gasteiger partial charge on any atom is 0.345 e. The van der Waals surface area contributed by atoms with Crippen LogP contribution in [0.1, 0.15) is 11.1 Å². The van der Waals surface area contributed by atoms with E-state index in [2.05, 4.69) is 51.4 Å². The lowest BCUT2D eigenvalue weighted by molar-refractivity contribution is -0.631. The number of imidazole rings is 2. The molecule has 2 N–H and O–H groups in total. The van der Waals surface area contributed by atoms with Gasteiger partial charge in [-0.15, -0.1) is 0 Å². The van der Waals surface area contributed by atoms with Gasteiger partial charge < -0.3 is 0 Å². The molecule has 0 aliphatic carbocycles. The van der Waals surface area contributed by atoms with E-state index in [0.717, 1.165) is 43.6 Å². The van der Waals surface area contributed by atoms with Gasteiger partial charge in [0.05, 0.1) is 26.5 Å². The van der Waals surface area contributed by atoms with Crippen molar-refractivity contribution in [3.05, 3.63) is 95.2 Å². The number of hydrogen-bond donors (Lipinski definition) is 2. The quantitative estimate of drug-likeness (QED) is 0.140. The summed E-state index contributed by atoms with van der Waals surface area (Å²) in [7, 11) is 4.06. The molecule has 0 aliphatic rings. The molecule has 12 heteroatoms. The van der Waals surface area contributed by atoms with Gasteiger partial charge in [-0.1, -0.05) is 46.9 Å². The predicted octanol–water partition coefficient (Wildman–Crippen LogP) is 2.90. The molecule has 2 aromatic carbocycles. The number of carbonyl (C=O) groups is 2. The van der Waals surface area contributed by atoms with Crippen LogP contribution in [0, 0.1) is 0 Å². The fourth-order valence-electron chi connectivity index (χ4n) is 4.36. The summed E-state index contributed by atoms with van der Waals surface area (Å²) < 4.78 is 8.44. The smallest absolute Gasteiger partial charge is 0.262 e. The van der Waals surface area contributed by atoms with Gasteiger partial charge in [-0.2, -0.15) is 19.0 Å². The Hall–Kier alpha value is -4.94. The summed E-state index contributed by atoms with van der Waals surface area (Å²) in [4.78, 5) is 26.4. The van der Waals surface area contributed by atoms with Crippen LogP contribution in [0.4, 0.5) is 0 Å². The lowest BCUT2D eigenvalue weighted by Gasteiger charge is -2.00. The minimum absolute atomic E-state index is 0.781. The summed E-state index contributed by atoms with van der Waals surface area (Å²) in [6.45, 7) is 0. The molecule has 0 saturated heterocycles. The van der Waals surface area contributed by atoms with Gasteiger partial charge in [0, 0.05) is 21.9 Å². The number of fused-ring (bicyclic) bond motifs is 2. The van der Waals surface area contributed by atoms with Crippen LogP contribution in [-0.4, -0.2) is 33.0 Å². The largest absolute Gasteiger partial charge is 0.345 e. The molecule has 6 aromatic rings. The fraction of sp³-hybridized carbons (Fsp3) is 0.0714. The molecule has 0 spiro atoms. The molecule has 10 nitrogen and oxygen atoms in total. The Morgan fingerprint density at radius 2 is 1.10 bits per heavy atom. The first-order valence-electron chi connectivity index (χ1n) is 12.2. The highest BCUT2D eigenvalue weighted by molar-refractivity contribution is 7.15. The second-order valence-corrected chi connectivity index (χ2v) is 10.7. The van der Waals surface area contributed by atoms with Crippen LogP contribution < -0.4 is 20.0 Å². The van der Waals surface area contributed by atoms with Gasteiger partial charge in [0.25, 0.3) is 0 Å². The Labute approximate surface area is 236 Å². The average Bonchev–Trinajstić information content (AvgIpc) is 3.74. The van der Waals surface area contributed by atoms with Gasteiger partial charge in [-0.05, 0) is 35.4 Å². The first kappa shape index (κ1) is 25.3. The third-order valence-electron chi connectivity index (χ3n) is 6.43. The molecule has 4 heterocycles. The summed E-state index contributed by atoms with van der Waals surface area (Å²) in [5.74, 6) is -1.83. The van der Waals surface area contributed by atoms with Gasteiger partial charge in [0.1, 0.15) is 24.8 Å². The van der Waals surface area contributed by atoms with E-state index < -0.39 is 11.8 Å². The van der Waals surface area contributed by atoms with Crippen molar-refractivity contribution >= 4 is 56.8 Å². The second-order valence-electron chi connectivity index (χ2n) is 8.97. The zero-order chi connectivity index (χ0) is 27.6. The highest BCUT2D eigenvalue weighted by Gasteiger charge is 2.18. The van der Waals surface area contributed by atoms with Gasteiger partial charge in [0.15, 0.2) is 11.4 Å². The van der Waals surface area contributed by atoms with Crippen LogP contribution in [0.5, 0.6) is 0 Å². The normalized spacial score (nSPS) is 11.8. The van der Waals surface area contributed by atoms with Crippen molar-refractivity contribution < 1.29 is 18.7 Å². The molecule has 6 rings (SSSR count). The van der Waals surface area contributed by atoms with Crippen molar-refractivity contribution in [3.8, 4) is 22.5 Å². The third kappa shape index (κ3) is 4.93. The van der Waals surface area contributed by atoms with E-state index in [-0.39, 0.29) is 0 Å². The summed E-state index contributed by atoms with van der Waals surface area (Å²) >= 11 is 3.35. The van der Waals surface area contributed by atoms with Gasteiger partial charge in [0.2, 0.25) is 0 Å². The van der Waals surface area contributed by atoms with Crippen molar-refractivity contribution in [2.24, 2.45) is 24.3 Å². The van der Waals surface area contributed by atoms with Crippen LogP contribution in [0.3, 0.4) is 0 Å². The first-order chi connectivity index (χ1) is 19.5. The van der Waals surface area contributed by atoms with Crippen molar-refractivity contribution in [3.63, 3.8) is 0 Å². The van der Waals surface area contributed by atoms with E-state index in [1.165, 1.54) is 12.4 Å². The highest BCUT2D eigenvalue weighted by atomic mass is 32.1. The number of carbonyl (C=O) groups excluding carboxylic acids is 2. The van der Waals surface area contributed by atoms with Gasteiger partial charge in [-0.25, -0.2) is 20.0 Å². The number of hydrazone groups is 2. The number of aryl methyl sites for hydroxylation is 2. The molecular formula is C28H24N8O2S2+2. The molecular weight excluding hydrogens is 544 g/mol. The lowest BCUT2D eigenvalue weighted by atomic mass is 10.1. The number of rotatable bonds is 6. The molecule has 0 bridgehead atoms.